The van der Waals surface area contributed by atoms with Gasteiger partial charge in [-0.15, -0.1) is 0 Å². The molecular formula is C14H19NO2. The summed E-state index contributed by atoms with van der Waals surface area (Å²) in [7, 11) is 0. The minimum atomic E-state index is -0.755. The largest absolute Gasteiger partial charge is 0.481 e. The Labute approximate surface area is 102 Å². The molecule has 17 heavy (non-hydrogen) atoms. The molecule has 3 heteroatoms. The molecule has 92 valence electrons. The first-order valence-electron chi connectivity index (χ1n) is 6.15. The zero-order valence-electron chi connectivity index (χ0n) is 10.4. The van der Waals surface area contributed by atoms with E-state index in [1.54, 1.807) is 0 Å². The third-order valence-corrected chi connectivity index (χ3v) is 3.10. The number of hydrogen-bond acceptors (Lipinski definition) is 2. The minimum Gasteiger partial charge on any atom is -0.481 e. The molecule has 0 spiro atoms. The van der Waals surface area contributed by atoms with Gasteiger partial charge in [0.1, 0.15) is 0 Å². The van der Waals surface area contributed by atoms with Crippen LogP contribution in [0.25, 0.3) is 0 Å². The van der Waals surface area contributed by atoms with Crippen molar-refractivity contribution in [2.45, 2.75) is 26.7 Å². The average molecular weight is 233 g/mol. The number of benzene rings is 1. The summed E-state index contributed by atoms with van der Waals surface area (Å²) in [5, 5.41) is 8.95. The summed E-state index contributed by atoms with van der Waals surface area (Å²) < 4.78 is 0. The summed E-state index contributed by atoms with van der Waals surface area (Å²) in [5.41, 5.74) is 3.42. The molecule has 1 aromatic rings. The van der Waals surface area contributed by atoms with E-state index >= 15 is 0 Å². The van der Waals surface area contributed by atoms with E-state index in [9.17, 15) is 4.79 Å². The van der Waals surface area contributed by atoms with Crippen LogP contribution in [-0.2, 0) is 17.6 Å². The van der Waals surface area contributed by atoms with E-state index in [-0.39, 0.29) is 6.42 Å². The summed E-state index contributed by atoms with van der Waals surface area (Å²) in [6.45, 7) is 6.41. The molecule has 0 saturated heterocycles. The highest BCUT2D eigenvalue weighted by Crippen LogP contribution is 2.32. The SMILES string of the molecule is CC(C)CN1CCc2cccc(CC(=O)O)c21. The van der Waals surface area contributed by atoms with E-state index in [1.807, 2.05) is 12.1 Å². The summed E-state index contributed by atoms with van der Waals surface area (Å²) in [6, 6.07) is 6.02. The predicted octanol–water partition coefficient (Wildman–Crippen LogP) is 2.33. The fourth-order valence-electron chi connectivity index (χ4n) is 2.55. The van der Waals surface area contributed by atoms with Crippen LogP contribution in [0.2, 0.25) is 0 Å². The van der Waals surface area contributed by atoms with Crippen LogP contribution in [0.15, 0.2) is 18.2 Å². The molecule has 1 heterocycles. The minimum absolute atomic E-state index is 0.123. The predicted molar refractivity (Wildman–Crippen MR) is 68.5 cm³/mol. The van der Waals surface area contributed by atoms with Gasteiger partial charge in [0.2, 0.25) is 0 Å². The first kappa shape index (κ1) is 12.0. The Kier molecular flexibility index (Phi) is 3.36. The number of rotatable bonds is 4. The molecule has 0 atom stereocenters. The molecule has 1 aliphatic rings. The van der Waals surface area contributed by atoms with E-state index in [4.69, 9.17) is 5.11 Å². The summed E-state index contributed by atoms with van der Waals surface area (Å²) in [6.07, 6.45) is 1.16. The van der Waals surface area contributed by atoms with Gasteiger partial charge in [-0.3, -0.25) is 4.79 Å². The van der Waals surface area contributed by atoms with E-state index in [0.717, 1.165) is 25.1 Å². The lowest BCUT2D eigenvalue weighted by Crippen LogP contribution is -2.26. The molecule has 2 rings (SSSR count). The maximum Gasteiger partial charge on any atom is 0.307 e. The van der Waals surface area contributed by atoms with Crippen molar-refractivity contribution < 1.29 is 9.90 Å². The zero-order chi connectivity index (χ0) is 12.4. The third kappa shape index (κ3) is 2.60. The van der Waals surface area contributed by atoms with Crippen molar-refractivity contribution in [3.8, 4) is 0 Å². The van der Waals surface area contributed by atoms with Crippen LogP contribution in [-0.4, -0.2) is 24.2 Å². The van der Waals surface area contributed by atoms with Gasteiger partial charge in [0.15, 0.2) is 0 Å². The van der Waals surface area contributed by atoms with Crippen molar-refractivity contribution in [1.29, 1.82) is 0 Å². The van der Waals surface area contributed by atoms with Crippen LogP contribution >= 0.6 is 0 Å². The van der Waals surface area contributed by atoms with Crippen molar-refractivity contribution in [1.82, 2.24) is 0 Å². The van der Waals surface area contributed by atoms with Crippen molar-refractivity contribution in [3.05, 3.63) is 29.3 Å². The fourth-order valence-corrected chi connectivity index (χ4v) is 2.55. The Balaban J connectivity index is 2.31. The van der Waals surface area contributed by atoms with Gasteiger partial charge in [-0.1, -0.05) is 32.0 Å². The van der Waals surface area contributed by atoms with Gasteiger partial charge in [0, 0.05) is 18.8 Å². The molecule has 0 unspecified atom stereocenters. The molecule has 1 aromatic carbocycles. The maximum atomic E-state index is 10.9. The Hall–Kier alpha value is -1.51. The van der Waals surface area contributed by atoms with Gasteiger partial charge in [0.05, 0.1) is 6.42 Å². The molecule has 0 saturated carbocycles. The number of aliphatic carboxylic acids is 1. The monoisotopic (exact) mass is 233 g/mol. The van der Waals surface area contributed by atoms with Crippen molar-refractivity contribution >= 4 is 11.7 Å². The van der Waals surface area contributed by atoms with Gasteiger partial charge < -0.3 is 10.0 Å². The van der Waals surface area contributed by atoms with Crippen molar-refractivity contribution in [3.63, 3.8) is 0 Å². The van der Waals surface area contributed by atoms with Crippen LogP contribution < -0.4 is 4.90 Å². The molecule has 0 fully saturated rings. The molecule has 1 aliphatic heterocycles. The van der Waals surface area contributed by atoms with Gasteiger partial charge in [-0.25, -0.2) is 0 Å². The van der Waals surface area contributed by atoms with Gasteiger partial charge in [-0.2, -0.15) is 0 Å². The second kappa shape index (κ2) is 4.78. The van der Waals surface area contributed by atoms with Crippen molar-refractivity contribution in [2.75, 3.05) is 18.0 Å². The second-order valence-corrected chi connectivity index (χ2v) is 5.09. The Morgan fingerprint density at radius 2 is 2.24 bits per heavy atom. The Morgan fingerprint density at radius 1 is 1.47 bits per heavy atom. The zero-order valence-corrected chi connectivity index (χ0v) is 10.4. The van der Waals surface area contributed by atoms with Crippen LogP contribution in [0.1, 0.15) is 25.0 Å². The highest BCUT2D eigenvalue weighted by Gasteiger charge is 2.23. The number of fused-ring (bicyclic) bond motifs is 1. The molecule has 0 amide bonds. The highest BCUT2D eigenvalue weighted by atomic mass is 16.4. The number of para-hydroxylation sites is 1. The molecule has 0 aliphatic carbocycles. The lowest BCUT2D eigenvalue weighted by Gasteiger charge is -2.23. The van der Waals surface area contributed by atoms with Crippen LogP contribution in [0.5, 0.6) is 0 Å². The number of anilines is 1. The number of nitrogens with zero attached hydrogens (tertiary/aromatic N) is 1. The highest BCUT2D eigenvalue weighted by molar-refractivity contribution is 5.75. The third-order valence-electron chi connectivity index (χ3n) is 3.10. The smallest absolute Gasteiger partial charge is 0.307 e. The Bertz CT molecular complexity index is 426. The summed E-state index contributed by atoms with van der Waals surface area (Å²) >= 11 is 0. The topological polar surface area (TPSA) is 40.5 Å². The molecule has 0 aromatic heterocycles. The first-order chi connectivity index (χ1) is 8.08. The number of carboxylic acid groups (broad SMARTS) is 1. The second-order valence-electron chi connectivity index (χ2n) is 5.09. The van der Waals surface area contributed by atoms with Gasteiger partial charge in [-0.05, 0) is 23.5 Å². The van der Waals surface area contributed by atoms with Crippen molar-refractivity contribution in [2.24, 2.45) is 5.92 Å². The van der Waals surface area contributed by atoms with E-state index in [2.05, 4.69) is 24.8 Å². The lowest BCUT2D eigenvalue weighted by atomic mass is 10.0. The number of carboxylic acids is 1. The first-order valence-corrected chi connectivity index (χ1v) is 6.15. The average Bonchev–Trinajstić information content (AvgIpc) is 2.61. The van der Waals surface area contributed by atoms with E-state index in [0.29, 0.717) is 5.92 Å². The maximum absolute atomic E-state index is 10.9. The quantitative estimate of drug-likeness (QED) is 0.867. The molecule has 1 N–H and O–H groups in total. The van der Waals surface area contributed by atoms with Crippen LogP contribution in [0, 0.1) is 5.92 Å². The van der Waals surface area contributed by atoms with Gasteiger partial charge in [0.25, 0.3) is 0 Å². The van der Waals surface area contributed by atoms with Crippen LogP contribution in [0.3, 0.4) is 0 Å². The summed E-state index contributed by atoms with van der Waals surface area (Å²) in [5.74, 6) is -0.159. The van der Waals surface area contributed by atoms with Gasteiger partial charge >= 0.3 is 5.97 Å². The fraction of sp³-hybridized carbons (Fsp3) is 0.500. The molecule has 0 bridgehead atoms. The van der Waals surface area contributed by atoms with E-state index < -0.39 is 5.97 Å². The number of carbonyl (C=O) groups is 1. The van der Waals surface area contributed by atoms with E-state index in [1.165, 1.54) is 11.3 Å². The standard InChI is InChI=1S/C14H19NO2/c1-10(2)9-15-7-6-11-4-3-5-12(14(11)15)8-13(16)17/h3-5,10H,6-9H2,1-2H3,(H,16,17). The summed E-state index contributed by atoms with van der Waals surface area (Å²) in [4.78, 5) is 13.2. The molecular weight excluding hydrogens is 214 g/mol. The lowest BCUT2D eigenvalue weighted by molar-refractivity contribution is -0.136. The molecule has 0 radical (unpaired) electrons. The number of hydrogen-bond donors (Lipinski definition) is 1. The Morgan fingerprint density at radius 3 is 2.88 bits per heavy atom. The van der Waals surface area contributed by atoms with Crippen LogP contribution in [0.4, 0.5) is 5.69 Å². The normalized spacial score (nSPS) is 14.2. The molecule has 3 nitrogen and oxygen atoms in total.